The number of nitrogens with one attached hydrogen (secondary N) is 1. The Hall–Kier alpha value is -3.29. The molecule has 0 unspecified atom stereocenters. The predicted molar refractivity (Wildman–Crippen MR) is 79.5 cm³/mol. The van der Waals surface area contributed by atoms with Crippen molar-refractivity contribution in [2.75, 3.05) is 5.32 Å². The van der Waals surface area contributed by atoms with E-state index in [0.717, 1.165) is 6.07 Å². The molecule has 1 amide bonds. The summed E-state index contributed by atoms with van der Waals surface area (Å²) >= 11 is 0. The summed E-state index contributed by atoms with van der Waals surface area (Å²) in [6.07, 6.45) is 2.80. The number of carbonyl (C=O) groups excluding carboxylic acids is 1. The summed E-state index contributed by atoms with van der Waals surface area (Å²) in [6.45, 7) is 0. The monoisotopic (exact) mass is 331 g/mol. The number of benzene rings is 1. The van der Waals surface area contributed by atoms with Gasteiger partial charge in [0, 0.05) is 18.2 Å². The van der Waals surface area contributed by atoms with Gasteiger partial charge in [-0.05, 0) is 18.2 Å². The van der Waals surface area contributed by atoms with E-state index in [1.165, 1.54) is 24.6 Å². The van der Waals surface area contributed by atoms with Crippen LogP contribution in [0.5, 0.6) is 11.6 Å². The lowest BCUT2D eigenvalue weighted by atomic mass is 10.3. The zero-order valence-corrected chi connectivity index (χ0v) is 12.2. The molecule has 0 fully saturated rings. The molecule has 0 saturated heterocycles. The molecule has 0 aliphatic heterocycles. The van der Waals surface area contributed by atoms with Gasteiger partial charge in [0.05, 0.1) is 24.0 Å². The smallest absolute Gasteiger partial charge is 0.230 e. The summed E-state index contributed by atoms with van der Waals surface area (Å²) in [5.41, 5.74) is 0.947. The first-order valence-corrected chi connectivity index (χ1v) is 6.88. The van der Waals surface area contributed by atoms with Crippen LogP contribution in [0.2, 0.25) is 0 Å². The average molecular weight is 331 g/mol. The molecule has 3 aromatic rings. The van der Waals surface area contributed by atoms with Gasteiger partial charge in [-0.25, -0.2) is 13.8 Å². The number of hydrogen-bond acceptors (Lipinski definition) is 5. The molecule has 2 heterocycles. The number of aromatic nitrogens is 2. The van der Waals surface area contributed by atoms with E-state index in [1.807, 2.05) is 0 Å². The topological polar surface area (TPSA) is 77.2 Å². The number of carbonyl (C=O) groups is 1. The van der Waals surface area contributed by atoms with Gasteiger partial charge in [-0.3, -0.25) is 4.79 Å². The van der Waals surface area contributed by atoms with Crippen LogP contribution in [0.1, 0.15) is 5.69 Å². The van der Waals surface area contributed by atoms with Gasteiger partial charge in [-0.2, -0.15) is 0 Å². The van der Waals surface area contributed by atoms with Crippen LogP contribution in [0, 0.1) is 11.6 Å². The Morgan fingerprint density at radius 3 is 2.75 bits per heavy atom. The van der Waals surface area contributed by atoms with Gasteiger partial charge in [0.2, 0.25) is 11.8 Å². The van der Waals surface area contributed by atoms with Crippen molar-refractivity contribution in [2.45, 2.75) is 6.42 Å². The van der Waals surface area contributed by atoms with Crippen molar-refractivity contribution in [3.05, 3.63) is 66.2 Å². The largest absolute Gasteiger partial charge is 0.436 e. The maximum Gasteiger partial charge on any atom is 0.230 e. The van der Waals surface area contributed by atoms with Gasteiger partial charge in [0.1, 0.15) is 12.1 Å². The Morgan fingerprint density at radius 1 is 1.21 bits per heavy atom. The van der Waals surface area contributed by atoms with Crippen LogP contribution in [0.15, 0.2) is 53.4 Å². The Bertz CT molecular complexity index is 836. The van der Waals surface area contributed by atoms with Crippen LogP contribution < -0.4 is 10.1 Å². The number of hydrogen-bond donors (Lipinski definition) is 1. The normalized spacial score (nSPS) is 10.4. The SMILES string of the molecule is O=C(Cc1ccon1)Nc1ccc(Oc2ccc(F)cc2F)nc1. The second-order valence-electron chi connectivity index (χ2n) is 4.78. The number of ether oxygens (including phenoxy) is 1. The summed E-state index contributed by atoms with van der Waals surface area (Å²) in [4.78, 5) is 15.8. The van der Waals surface area contributed by atoms with Gasteiger partial charge in [-0.1, -0.05) is 5.16 Å². The highest BCUT2D eigenvalue weighted by molar-refractivity contribution is 5.91. The molecule has 0 saturated carbocycles. The molecule has 3 rings (SSSR count). The second kappa shape index (κ2) is 6.86. The molecule has 24 heavy (non-hydrogen) atoms. The highest BCUT2D eigenvalue weighted by Crippen LogP contribution is 2.24. The van der Waals surface area contributed by atoms with Crippen LogP contribution >= 0.6 is 0 Å². The molecule has 0 radical (unpaired) electrons. The number of amides is 1. The summed E-state index contributed by atoms with van der Waals surface area (Å²) < 4.78 is 36.2. The summed E-state index contributed by atoms with van der Waals surface area (Å²) in [7, 11) is 0. The first-order chi connectivity index (χ1) is 11.6. The number of anilines is 1. The fraction of sp³-hybridized carbons (Fsp3) is 0.0625. The minimum absolute atomic E-state index is 0.0650. The van der Waals surface area contributed by atoms with Crippen LogP contribution in [0.25, 0.3) is 0 Å². The molecular formula is C16H11F2N3O3. The molecule has 1 N–H and O–H groups in total. The van der Waals surface area contributed by atoms with E-state index in [2.05, 4.69) is 20.0 Å². The first kappa shape index (κ1) is 15.6. The molecule has 6 nitrogen and oxygen atoms in total. The summed E-state index contributed by atoms with van der Waals surface area (Å²) in [5, 5.41) is 6.27. The first-order valence-electron chi connectivity index (χ1n) is 6.88. The Labute approximate surface area is 135 Å². The highest BCUT2D eigenvalue weighted by atomic mass is 19.1. The van der Waals surface area contributed by atoms with E-state index in [9.17, 15) is 13.6 Å². The maximum atomic E-state index is 13.5. The van der Waals surface area contributed by atoms with Gasteiger partial charge in [0.25, 0.3) is 0 Å². The lowest BCUT2D eigenvalue weighted by molar-refractivity contribution is -0.115. The van der Waals surface area contributed by atoms with Crippen molar-refractivity contribution >= 4 is 11.6 Å². The zero-order valence-electron chi connectivity index (χ0n) is 12.2. The number of rotatable bonds is 5. The van der Waals surface area contributed by atoms with Gasteiger partial charge in [-0.15, -0.1) is 0 Å². The van der Waals surface area contributed by atoms with Crippen LogP contribution in [-0.4, -0.2) is 16.0 Å². The van der Waals surface area contributed by atoms with Gasteiger partial charge < -0.3 is 14.6 Å². The van der Waals surface area contributed by atoms with Crippen molar-refractivity contribution in [1.82, 2.24) is 10.1 Å². The molecule has 8 heteroatoms. The second-order valence-corrected chi connectivity index (χ2v) is 4.78. The zero-order chi connectivity index (χ0) is 16.9. The van der Waals surface area contributed by atoms with E-state index in [0.29, 0.717) is 17.4 Å². The quantitative estimate of drug-likeness (QED) is 0.776. The average Bonchev–Trinajstić information content (AvgIpc) is 3.04. The molecule has 122 valence electrons. The van der Waals surface area contributed by atoms with Crippen molar-refractivity contribution in [1.29, 1.82) is 0 Å². The standard InChI is InChI=1S/C16H11F2N3O3/c17-10-1-3-14(13(18)7-10)24-16-4-2-12(9-19-16)20-15(22)8-11-5-6-23-21-11/h1-7,9H,8H2,(H,20,22). The molecule has 0 aliphatic rings. The number of nitrogens with zero attached hydrogens (tertiary/aromatic N) is 2. The summed E-state index contributed by atoms with van der Waals surface area (Å²) in [6, 6.07) is 7.55. The number of pyridine rings is 1. The Morgan fingerprint density at radius 2 is 2.08 bits per heavy atom. The van der Waals surface area contributed by atoms with E-state index < -0.39 is 11.6 Å². The molecular weight excluding hydrogens is 320 g/mol. The van der Waals surface area contributed by atoms with Crippen LogP contribution in [-0.2, 0) is 11.2 Å². The minimum Gasteiger partial charge on any atom is -0.436 e. The fourth-order valence-corrected chi connectivity index (χ4v) is 1.88. The molecule has 0 bridgehead atoms. The van der Waals surface area contributed by atoms with Crippen molar-refractivity contribution < 1.29 is 22.8 Å². The lowest BCUT2D eigenvalue weighted by Gasteiger charge is -2.07. The van der Waals surface area contributed by atoms with Crippen molar-refractivity contribution in [3.63, 3.8) is 0 Å². The van der Waals surface area contributed by atoms with E-state index in [4.69, 9.17) is 4.74 Å². The highest BCUT2D eigenvalue weighted by Gasteiger charge is 2.09. The third-order valence-corrected chi connectivity index (χ3v) is 2.96. The van der Waals surface area contributed by atoms with E-state index in [-0.39, 0.29) is 24.0 Å². The summed E-state index contributed by atoms with van der Waals surface area (Å²) in [5.74, 6) is -1.86. The van der Waals surface area contributed by atoms with Gasteiger partial charge >= 0.3 is 0 Å². The van der Waals surface area contributed by atoms with Crippen molar-refractivity contribution in [3.8, 4) is 11.6 Å². The Kier molecular flexibility index (Phi) is 4.46. The molecule has 0 atom stereocenters. The lowest BCUT2D eigenvalue weighted by Crippen LogP contribution is -2.14. The van der Waals surface area contributed by atoms with Crippen LogP contribution in [0.4, 0.5) is 14.5 Å². The van der Waals surface area contributed by atoms with E-state index in [1.54, 1.807) is 12.1 Å². The van der Waals surface area contributed by atoms with E-state index >= 15 is 0 Å². The van der Waals surface area contributed by atoms with Crippen molar-refractivity contribution in [2.24, 2.45) is 0 Å². The minimum atomic E-state index is -0.832. The maximum absolute atomic E-state index is 13.5. The molecule has 0 spiro atoms. The third kappa shape index (κ3) is 3.92. The fourth-order valence-electron chi connectivity index (χ4n) is 1.88. The third-order valence-electron chi connectivity index (χ3n) is 2.96. The molecule has 2 aromatic heterocycles. The molecule has 0 aliphatic carbocycles. The van der Waals surface area contributed by atoms with Gasteiger partial charge in [0.15, 0.2) is 11.6 Å². The van der Waals surface area contributed by atoms with Crippen LogP contribution in [0.3, 0.4) is 0 Å². The Balaban J connectivity index is 1.61. The number of halogens is 2. The predicted octanol–water partition coefficient (Wildman–Crippen LogP) is 3.32. The molecule has 1 aromatic carbocycles.